The Kier molecular flexibility index (Phi) is 5.26. The third kappa shape index (κ3) is 3.69. The van der Waals surface area contributed by atoms with Gasteiger partial charge in [-0.2, -0.15) is 0 Å². The van der Waals surface area contributed by atoms with Crippen LogP contribution in [-0.2, 0) is 6.42 Å². The van der Waals surface area contributed by atoms with Crippen molar-refractivity contribution in [2.75, 3.05) is 12.3 Å². The van der Waals surface area contributed by atoms with E-state index in [1.807, 2.05) is 78.2 Å². The highest BCUT2D eigenvalue weighted by atomic mass is 16.1. The van der Waals surface area contributed by atoms with E-state index >= 15 is 0 Å². The van der Waals surface area contributed by atoms with Crippen molar-refractivity contribution in [1.29, 1.82) is 0 Å². The number of carbonyl (C=O) groups excluding carboxylic acids is 1. The van der Waals surface area contributed by atoms with Gasteiger partial charge in [0.05, 0.1) is 16.7 Å². The Labute approximate surface area is 192 Å². The molecule has 0 aliphatic carbocycles. The van der Waals surface area contributed by atoms with E-state index in [4.69, 9.17) is 15.7 Å². The van der Waals surface area contributed by atoms with E-state index in [1.165, 1.54) is 0 Å². The number of nitrogens with one attached hydrogen (secondary N) is 1. The second kappa shape index (κ2) is 8.39. The van der Waals surface area contributed by atoms with Crippen LogP contribution < -0.4 is 11.1 Å². The summed E-state index contributed by atoms with van der Waals surface area (Å²) in [5.74, 6) is 0.0910. The third-order valence-corrected chi connectivity index (χ3v) is 6.08. The molecule has 164 valence electrons. The molecular weight excluding hydrogens is 410 g/mol. The Morgan fingerprint density at radius 2 is 1.61 bits per heavy atom. The predicted octanol–water partition coefficient (Wildman–Crippen LogP) is 4.75. The highest BCUT2D eigenvalue weighted by Gasteiger charge is 2.25. The van der Waals surface area contributed by atoms with Crippen LogP contribution in [0.15, 0.2) is 72.8 Å². The van der Waals surface area contributed by atoms with E-state index < -0.39 is 0 Å². The van der Waals surface area contributed by atoms with Gasteiger partial charge >= 0.3 is 0 Å². The van der Waals surface area contributed by atoms with Crippen LogP contribution in [0, 0.1) is 13.8 Å². The lowest BCUT2D eigenvalue weighted by Gasteiger charge is -2.13. The van der Waals surface area contributed by atoms with Crippen molar-refractivity contribution >= 4 is 33.9 Å². The summed E-state index contributed by atoms with van der Waals surface area (Å²) in [7, 11) is 0. The van der Waals surface area contributed by atoms with Crippen LogP contribution in [0.4, 0.5) is 5.82 Å². The molecule has 5 rings (SSSR count). The lowest BCUT2D eigenvalue weighted by atomic mass is 10.1. The standard InChI is InChI=1S/C27H25N5O/c1-17-9-8-14-22(18(17)2)32-25(28)23(27(33)29-16-15-19-10-4-3-5-11-19)24-26(32)31-21-13-7-6-12-20(21)30-24/h3-14H,15-16,28H2,1-2H3,(H,29,33). The summed E-state index contributed by atoms with van der Waals surface area (Å²) in [5.41, 5.74) is 13.8. The fourth-order valence-corrected chi connectivity index (χ4v) is 4.16. The fraction of sp³-hybridized carbons (Fsp3) is 0.148. The molecule has 0 unspecified atom stereocenters. The van der Waals surface area contributed by atoms with Gasteiger partial charge in [0.15, 0.2) is 5.65 Å². The summed E-state index contributed by atoms with van der Waals surface area (Å²) < 4.78 is 1.85. The lowest BCUT2D eigenvalue weighted by Crippen LogP contribution is -2.26. The van der Waals surface area contributed by atoms with Crippen molar-refractivity contribution in [1.82, 2.24) is 19.9 Å². The predicted molar refractivity (Wildman–Crippen MR) is 133 cm³/mol. The summed E-state index contributed by atoms with van der Waals surface area (Å²) in [6.07, 6.45) is 0.733. The summed E-state index contributed by atoms with van der Waals surface area (Å²) in [6, 6.07) is 23.7. The fourth-order valence-electron chi connectivity index (χ4n) is 4.16. The van der Waals surface area contributed by atoms with Crippen LogP contribution in [-0.4, -0.2) is 27.0 Å². The van der Waals surface area contributed by atoms with Gasteiger partial charge in [-0.1, -0.05) is 54.6 Å². The average molecular weight is 436 g/mol. The number of nitrogen functional groups attached to an aromatic ring is 1. The highest BCUT2D eigenvalue weighted by Crippen LogP contribution is 2.32. The number of benzene rings is 3. The van der Waals surface area contributed by atoms with E-state index in [0.717, 1.165) is 39.8 Å². The Hall–Kier alpha value is -4.19. The first-order chi connectivity index (χ1) is 16.0. The molecule has 0 bridgehead atoms. The quantitative estimate of drug-likeness (QED) is 0.417. The molecule has 0 aliphatic rings. The molecule has 0 radical (unpaired) electrons. The number of para-hydroxylation sites is 2. The first-order valence-electron chi connectivity index (χ1n) is 11.0. The number of amides is 1. The maximum Gasteiger partial charge on any atom is 0.257 e. The number of aromatic nitrogens is 3. The topological polar surface area (TPSA) is 85.8 Å². The number of rotatable bonds is 5. The molecule has 6 nitrogen and oxygen atoms in total. The largest absolute Gasteiger partial charge is 0.384 e. The van der Waals surface area contributed by atoms with Gasteiger partial charge in [0.1, 0.15) is 16.9 Å². The molecular formula is C27H25N5O. The van der Waals surface area contributed by atoms with E-state index in [9.17, 15) is 4.79 Å². The number of carbonyl (C=O) groups is 1. The van der Waals surface area contributed by atoms with Crippen molar-refractivity contribution in [2.45, 2.75) is 20.3 Å². The first kappa shape index (κ1) is 20.7. The van der Waals surface area contributed by atoms with Crippen LogP contribution in [0.3, 0.4) is 0 Å². The van der Waals surface area contributed by atoms with Gasteiger partial charge in [-0.05, 0) is 55.2 Å². The number of nitrogens with two attached hydrogens (primary N) is 1. The van der Waals surface area contributed by atoms with Gasteiger partial charge in [0.25, 0.3) is 5.91 Å². The van der Waals surface area contributed by atoms with E-state index in [1.54, 1.807) is 0 Å². The van der Waals surface area contributed by atoms with Crippen LogP contribution in [0.25, 0.3) is 27.9 Å². The monoisotopic (exact) mass is 435 g/mol. The number of hydrogen-bond acceptors (Lipinski definition) is 4. The molecule has 3 N–H and O–H groups in total. The molecule has 2 heterocycles. The Balaban J connectivity index is 1.63. The minimum absolute atomic E-state index is 0.248. The van der Waals surface area contributed by atoms with E-state index in [2.05, 4.69) is 18.3 Å². The van der Waals surface area contributed by atoms with E-state index in [-0.39, 0.29) is 5.91 Å². The van der Waals surface area contributed by atoms with Crippen molar-refractivity contribution in [2.24, 2.45) is 0 Å². The van der Waals surface area contributed by atoms with Crippen LogP contribution in [0.2, 0.25) is 0 Å². The number of aryl methyl sites for hydroxylation is 1. The molecule has 5 aromatic rings. The molecule has 1 amide bonds. The zero-order chi connectivity index (χ0) is 22.9. The van der Waals surface area contributed by atoms with Crippen molar-refractivity contribution < 1.29 is 4.79 Å². The summed E-state index contributed by atoms with van der Waals surface area (Å²) in [6.45, 7) is 4.60. The molecule has 0 atom stereocenters. The van der Waals surface area contributed by atoms with Crippen molar-refractivity contribution in [3.63, 3.8) is 0 Å². The number of fused-ring (bicyclic) bond motifs is 2. The Bertz CT molecular complexity index is 1490. The van der Waals surface area contributed by atoms with Crippen molar-refractivity contribution in [3.8, 4) is 5.69 Å². The number of nitrogens with zero attached hydrogens (tertiary/aromatic N) is 3. The molecule has 0 fully saturated rings. The highest BCUT2D eigenvalue weighted by molar-refractivity contribution is 6.11. The minimum atomic E-state index is -0.248. The maximum absolute atomic E-state index is 13.3. The van der Waals surface area contributed by atoms with Gasteiger partial charge in [-0.25, -0.2) is 9.97 Å². The zero-order valence-electron chi connectivity index (χ0n) is 18.7. The Morgan fingerprint density at radius 3 is 2.36 bits per heavy atom. The van der Waals surface area contributed by atoms with Crippen LogP contribution >= 0.6 is 0 Å². The smallest absolute Gasteiger partial charge is 0.257 e. The van der Waals surface area contributed by atoms with Crippen LogP contribution in [0.1, 0.15) is 27.0 Å². The molecule has 0 saturated carbocycles. The molecule has 3 aromatic carbocycles. The van der Waals surface area contributed by atoms with Crippen molar-refractivity contribution in [3.05, 3.63) is 95.1 Å². The normalized spacial score (nSPS) is 11.2. The second-order valence-electron chi connectivity index (χ2n) is 8.19. The first-order valence-corrected chi connectivity index (χ1v) is 11.0. The zero-order valence-corrected chi connectivity index (χ0v) is 18.7. The van der Waals surface area contributed by atoms with Gasteiger partial charge < -0.3 is 11.1 Å². The molecule has 0 saturated heterocycles. The van der Waals surface area contributed by atoms with E-state index in [0.29, 0.717) is 29.1 Å². The van der Waals surface area contributed by atoms with Gasteiger partial charge in [0.2, 0.25) is 0 Å². The van der Waals surface area contributed by atoms with Gasteiger partial charge in [0, 0.05) is 6.54 Å². The SMILES string of the molecule is Cc1cccc(-n2c(N)c(C(=O)NCCc3ccccc3)c3nc4ccccc4nc32)c1C. The second-order valence-corrected chi connectivity index (χ2v) is 8.19. The molecule has 6 heteroatoms. The number of hydrogen-bond donors (Lipinski definition) is 2. The van der Waals surface area contributed by atoms with Crippen LogP contribution in [0.5, 0.6) is 0 Å². The molecule has 33 heavy (non-hydrogen) atoms. The summed E-state index contributed by atoms with van der Waals surface area (Å²) >= 11 is 0. The maximum atomic E-state index is 13.3. The molecule has 0 spiro atoms. The van der Waals surface area contributed by atoms with Gasteiger partial charge in [-0.3, -0.25) is 9.36 Å². The summed E-state index contributed by atoms with van der Waals surface area (Å²) in [5, 5.41) is 3.02. The Morgan fingerprint density at radius 1 is 0.909 bits per heavy atom. The van der Waals surface area contributed by atoms with Gasteiger partial charge in [-0.15, -0.1) is 0 Å². The molecule has 2 aromatic heterocycles. The lowest BCUT2D eigenvalue weighted by molar-refractivity contribution is 0.0956. The molecule has 0 aliphatic heterocycles. The third-order valence-electron chi connectivity index (χ3n) is 6.08. The minimum Gasteiger partial charge on any atom is -0.384 e. The average Bonchev–Trinajstić information content (AvgIpc) is 3.10. The summed E-state index contributed by atoms with van der Waals surface area (Å²) in [4.78, 5) is 23.0. The number of anilines is 1.